The predicted molar refractivity (Wildman–Crippen MR) is 84.0 cm³/mol. The Balaban J connectivity index is 3.08. The molecule has 0 aliphatic carbocycles. The molecule has 0 saturated carbocycles. The summed E-state index contributed by atoms with van der Waals surface area (Å²) in [5.74, 6) is 1.49. The van der Waals surface area contributed by atoms with Gasteiger partial charge in [-0.3, -0.25) is 0 Å². The van der Waals surface area contributed by atoms with E-state index in [9.17, 15) is 0 Å². The Kier molecular flexibility index (Phi) is 6.02. The van der Waals surface area contributed by atoms with Crippen LogP contribution in [0.25, 0.3) is 0 Å². The number of ether oxygens (including phenoxy) is 1. The number of nitrogens with zero attached hydrogens (tertiary/aromatic N) is 4. The summed E-state index contributed by atoms with van der Waals surface area (Å²) >= 11 is 0. The summed E-state index contributed by atoms with van der Waals surface area (Å²) in [6.45, 7) is 0. The van der Waals surface area contributed by atoms with Gasteiger partial charge in [-0.05, 0) is 66.6 Å². The lowest BCUT2D eigenvalue weighted by molar-refractivity contribution is 0.323. The summed E-state index contributed by atoms with van der Waals surface area (Å²) < 4.78 is 11.4. The van der Waals surface area contributed by atoms with E-state index < -0.39 is 7.51 Å². The quantitative estimate of drug-likeness (QED) is 0.596. The van der Waals surface area contributed by atoms with E-state index in [1.807, 2.05) is 66.6 Å². The van der Waals surface area contributed by atoms with Crippen LogP contribution in [0, 0.1) is 0 Å². The highest BCUT2D eigenvalue weighted by Crippen LogP contribution is 2.54. The maximum atomic E-state index is 5.65. The molecule has 0 radical (unpaired) electrons. The molecule has 0 spiro atoms. The second-order valence-electron chi connectivity index (χ2n) is 4.93. The molecule has 0 saturated heterocycles. The SMILES string of the molecule is COc1ccc(ON=P(N(C)C)(N(C)C)N(C)C)cc1. The molecule has 1 aromatic carbocycles. The molecular weight excluding hydrogens is 275 g/mol. The van der Waals surface area contributed by atoms with E-state index in [-0.39, 0.29) is 0 Å². The minimum absolute atomic E-state index is 0.695. The number of hydrogen-bond acceptors (Lipinski definition) is 3. The van der Waals surface area contributed by atoms with Gasteiger partial charge in [0.25, 0.3) is 0 Å². The van der Waals surface area contributed by atoms with Gasteiger partial charge in [0, 0.05) is 0 Å². The second kappa shape index (κ2) is 7.09. The smallest absolute Gasteiger partial charge is 0.210 e. The highest BCUT2D eigenvalue weighted by molar-refractivity contribution is 7.58. The van der Waals surface area contributed by atoms with Crippen LogP contribution in [0.4, 0.5) is 0 Å². The Hall–Kier alpha value is -1.07. The fourth-order valence-electron chi connectivity index (χ4n) is 2.03. The van der Waals surface area contributed by atoms with Crippen LogP contribution in [-0.2, 0) is 0 Å². The van der Waals surface area contributed by atoms with Crippen LogP contribution in [0.2, 0.25) is 0 Å². The molecule has 0 N–H and O–H groups in total. The molecule has 0 aliphatic rings. The Morgan fingerprint density at radius 3 is 1.55 bits per heavy atom. The Bertz CT molecular complexity index is 443. The zero-order valence-corrected chi connectivity index (χ0v) is 14.3. The van der Waals surface area contributed by atoms with Crippen molar-refractivity contribution in [3.63, 3.8) is 0 Å². The molecule has 1 rings (SSSR count). The van der Waals surface area contributed by atoms with Crippen molar-refractivity contribution in [3.05, 3.63) is 24.3 Å². The number of methoxy groups -OCH3 is 1. The first-order chi connectivity index (χ1) is 9.34. The summed E-state index contributed by atoms with van der Waals surface area (Å²) in [6.07, 6.45) is 0. The fraction of sp³-hybridized carbons (Fsp3) is 0.538. The highest BCUT2D eigenvalue weighted by atomic mass is 31.2. The van der Waals surface area contributed by atoms with Crippen LogP contribution in [0.1, 0.15) is 0 Å². The van der Waals surface area contributed by atoms with Crippen LogP contribution in [0.3, 0.4) is 0 Å². The lowest BCUT2D eigenvalue weighted by atomic mass is 10.3. The van der Waals surface area contributed by atoms with Gasteiger partial charge in [-0.2, -0.15) is 0 Å². The van der Waals surface area contributed by atoms with Crippen molar-refractivity contribution >= 4 is 7.51 Å². The van der Waals surface area contributed by atoms with Gasteiger partial charge in [-0.15, -0.1) is 0 Å². The fourth-order valence-corrected chi connectivity index (χ4v) is 4.82. The van der Waals surface area contributed by atoms with Gasteiger partial charge in [0.1, 0.15) is 5.75 Å². The number of benzene rings is 1. The molecule has 1 aromatic rings. The van der Waals surface area contributed by atoms with Crippen molar-refractivity contribution in [1.29, 1.82) is 0 Å². The van der Waals surface area contributed by atoms with Gasteiger partial charge in [-0.25, -0.2) is 14.0 Å². The summed E-state index contributed by atoms with van der Waals surface area (Å²) in [5, 5.41) is 0. The molecule has 0 aliphatic heterocycles. The van der Waals surface area contributed by atoms with E-state index in [1.54, 1.807) is 7.11 Å². The van der Waals surface area contributed by atoms with Crippen LogP contribution in [0.15, 0.2) is 29.2 Å². The van der Waals surface area contributed by atoms with E-state index >= 15 is 0 Å². The third-order valence-electron chi connectivity index (χ3n) is 2.93. The highest BCUT2D eigenvalue weighted by Gasteiger charge is 2.29. The third-order valence-corrected chi connectivity index (χ3v) is 6.45. The van der Waals surface area contributed by atoms with E-state index in [1.165, 1.54) is 0 Å². The average molecular weight is 300 g/mol. The zero-order valence-electron chi connectivity index (χ0n) is 13.4. The van der Waals surface area contributed by atoms with Gasteiger partial charge in [0.15, 0.2) is 5.75 Å². The molecule has 20 heavy (non-hydrogen) atoms. The topological polar surface area (TPSA) is 40.5 Å². The number of hydrogen-bond donors (Lipinski definition) is 0. The van der Waals surface area contributed by atoms with Crippen molar-refractivity contribution in [2.24, 2.45) is 4.91 Å². The molecular formula is C13H25N4O2P. The maximum Gasteiger partial charge on any atom is 0.210 e. The van der Waals surface area contributed by atoms with Gasteiger partial charge >= 0.3 is 0 Å². The zero-order chi connectivity index (χ0) is 15.3. The molecule has 7 heteroatoms. The second-order valence-corrected chi connectivity index (χ2v) is 8.56. The van der Waals surface area contributed by atoms with Crippen LogP contribution in [0.5, 0.6) is 11.5 Å². The van der Waals surface area contributed by atoms with Crippen molar-refractivity contribution in [2.75, 3.05) is 49.4 Å². The first-order valence-electron chi connectivity index (χ1n) is 6.30. The molecule has 0 fully saturated rings. The van der Waals surface area contributed by atoms with Crippen LogP contribution >= 0.6 is 7.51 Å². The van der Waals surface area contributed by atoms with E-state index in [2.05, 4.69) is 18.9 Å². The van der Waals surface area contributed by atoms with E-state index in [4.69, 9.17) is 9.57 Å². The minimum atomic E-state index is -2.02. The third kappa shape index (κ3) is 3.52. The first-order valence-corrected chi connectivity index (χ1v) is 7.90. The molecule has 6 nitrogen and oxygen atoms in total. The largest absolute Gasteiger partial charge is 0.497 e. The van der Waals surface area contributed by atoms with Crippen molar-refractivity contribution < 1.29 is 9.57 Å². The van der Waals surface area contributed by atoms with Gasteiger partial charge in [0.05, 0.1) is 7.11 Å². The van der Waals surface area contributed by atoms with E-state index in [0.29, 0.717) is 5.75 Å². The van der Waals surface area contributed by atoms with Gasteiger partial charge < -0.3 is 9.57 Å². The average Bonchev–Trinajstić information content (AvgIpc) is 2.38. The van der Waals surface area contributed by atoms with Crippen LogP contribution in [-0.4, -0.2) is 63.4 Å². The molecule has 0 amide bonds. The Labute approximate surface area is 122 Å². The summed E-state index contributed by atoms with van der Waals surface area (Å²) in [7, 11) is 11.7. The minimum Gasteiger partial charge on any atom is -0.497 e. The molecule has 114 valence electrons. The van der Waals surface area contributed by atoms with Crippen LogP contribution < -0.4 is 9.57 Å². The van der Waals surface area contributed by atoms with Crippen molar-refractivity contribution in [1.82, 2.24) is 14.0 Å². The standard InChI is InChI=1S/C13H25N4O2P/c1-15(2)20(16(3)4,17(5)6)14-19-13-10-8-12(18-7)9-11-13/h8-11H,1-7H3. The van der Waals surface area contributed by atoms with Crippen molar-refractivity contribution in [2.45, 2.75) is 0 Å². The lowest BCUT2D eigenvalue weighted by Crippen LogP contribution is -2.31. The molecule has 0 heterocycles. The lowest BCUT2D eigenvalue weighted by Gasteiger charge is -2.39. The summed E-state index contributed by atoms with van der Waals surface area (Å²) in [5.41, 5.74) is 0. The van der Waals surface area contributed by atoms with Gasteiger partial charge in [-0.1, -0.05) is 4.91 Å². The predicted octanol–water partition coefficient (Wildman–Crippen LogP) is 2.62. The molecule has 0 bridgehead atoms. The molecule has 0 aromatic heterocycles. The monoisotopic (exact) mass is 300 g/mol. The Morgan fingerprint density at radius 2 is 1.20 bits per heavy atom. The normalized spacial score (nSPS) is 12.1. The molecule has 0 atom stereocenters. The summed E-state index contributed by atoms with van der Waals surface area (Å²) in [6, 6.07) is 7.40. The van der Waals surface area contributed by atoms with Crippen molar-refractivity contribution in [3.8, 4) is 11.5 Å². The maximum absolute atomic E-state index is 5.65. The Morgan fingerprint density at radius 1 is 0.800 bits per heavy atom. The molecule has 0 unspecified atom stereocenters. The first kappa shape index (κ1) is 17.0. The van der Waals surface area contributed by atoms with E-state index in [0.717, 1.165) is 5.75 Å². The van der Waals surface area contributed by atoms with Gasteiger partial charge in [0.2, 0.25) is 7.51 Å². The summed E-state index contributed by atoms with van der Waals surface area (Å²) in [4.78, 5) is 10.2. The number of rotatable bonds is 6.